The normalized spacial score (nSPS) is 14.9. The van der Waals surface area contributed by atoms with Crippen molar-refractivity contribution in [3.05, 3.63) is 29.8 Å². The van der Waals surface area contributed by atoms with E-state index >= 15 is 0 Å². The summed E-state index contributed by atoms with van der Waals surface area (Å²) < 4.78 is 0. The van der Waals surface area contributed by atoms with E-state index in [-0.39, 0.29) is 0 Å². The van der Waals surface area contributed by atoms with Crippen molar-refractivity contribution in [1.82, 2.24) is 0 Å². The van der Waals surface area contributed by atoms with Crippen molar-refractivity contribution in [3.63, 3.8) is 0 Å². The molecule has 1 rings (SSSR count). The Hall–Kier alpha value is -1.02. The predicted octanol–water partition coefficient (Wildman–Crippen LogP) is 2.70. The lowest BCUT2D eigenvalue weighted by Crippen LogP contribution is -2.16. The van der Waals surface area contributed by atoms with Crippen LogP contribution >= 0.6 is 0 Å². The second-order valence-electron chi connectivity index (χ2n) is 4.53. The molecule has 0 amide bonds. The summed E-state index contributed by atoms with van der Waals surface area (Å²) in [6.07, 6.45) is 3.31. The molecule has 0 bridgehead atoms. The molecule has 0 aliphatic heterocycles. The van der Waals surface area contributed by atoms with Crippen LogP contribution in [0, 0.1) is 5.92 Å². The van der Waals surface area contributed by atoms with Crippen molar-refractivity contribution in [2.75, 3.05) is 0 Å². The monoisotopic (exact) mass is 207 g/mol. The van der Waals surface area contributed by atoms with E-state index in [1.165, 1.54) is 12.0 Å². The largest absolute Gasteiger partial charge is 0.508 e. The van der Waals surface area contributed by atoms with Crippen LogP contribution in [0.5, 0.6) is 5.75 Å². The molecule has 0 aliphatic rings. The van der Waals surface area contributed by atoms with Crippen LogP contribution in [-0.2, 0) is 6.42 Å². The van der Waals surface area contributed by atoms with Gasteiger partial charge in [-0.25, -0.2) is 0 Å². The lowest BCUT2D eigenvalue weighted by molar-refractivity contribution is 0.470. The summed E-state index contributed by atoms with van der Waals surface area (Å²) in [5.41, 5.74) is 7.00. The maximum absolute atomic E-state index is 9.15. The molecule has 2 nitrogen and oxygen atoms in total. The van der Waals surface area contributed by atoms with Gasteiger partial charge in [-0.1, -0.05) is 19.1 Å². The second kappa shape index (κ2) is 5.76. The smallest absolute Gasteiger partial charge is 0.115 e. The average molecular weight is 207 g/mol. The minimum atomic E-state index is 0.298. The molecule has 1 aromatic rings. The highest BCUT2D eigenvalue weighted by molar-refractivity contribution is 5.26. The van der Waals surface area contributed by atoms with Crippen molar-refractivity contribution >= 4 is 0 Å². The summed E-state index contributed by atoms with van der Waals surface area (Å²) in [6.45, 7) is 4.29. The molecular weight excluding hydrogens is 186 g/mol. The third-order valence-corrected chi connectivity index (χ3v) is 2.64. The number of rotatable bonds is 5. The first-order chi connectivity index (χ1) is 7.08. The van der Waals surface area contributed by atoms with Crippen LogP contribution in [0.15, 0.2) is 24.3 Å². The summed E-state index contributed by atoms with van der Waals surface area (Å²) in [6, 6.07) is 7.75. The quantitative estimate of drug-likeness (QED) is 0.779. The Kier molecular flexibility index (Phi) is 4.63. The number of aromatic hydroxyl groups is 1. The van der Waals surface area contributed by atoms with Gasteiger partial charge < -0.3 is 10.8 Å². The van der Waals surface area contributed by atoms with Crippen molar-refractivity contribution in [2.24, 2.45) is 11.7 Å². The van der Waals surface area contributed by atoms with E-state index in [2.05, 4.69) is 6.92 Å². The van der Waals surface area contributed by atoms with Crippen molar-refractivity contribution < 1.29 is 5.11 Å². The first-order valence-corrected chi connectivity index (χ1v) is 5.61. The van der Waals surface area contributed by atoms with Gasteiger partial charge >= 0.3 is 0 Å². The Labute approximate surface area is 92.1 Å². The second-order valence-corrected chi connectivity index (χ2v) is 4.53. The van der Waals surface area contributed by atoms with Gasteiger partial charge in [0.2, 0.25) is 0 Å². The van der Waals surface area contributed by atoms with Crippen LogP contribution in [0.4, 0.5) is 0 Å². The molecule has 15 heavy (non-hydrogen) atoms. The van der Waals surface area contributed by atoms with Gasteiger partial charge in [-0.05, 0) is 49.8 Å². The molecule has 1 unspecified atom stereocenters. The number of phenols is 1. The molecule has 2 heteroatoms. The lowest BCUT2D eigenvalue weighted by Gasteiger charge is -2.12. The zero-order chi connectivity index (χ0) is 11.3. The van der Waals surface area contributed by atoms with E-state index in [1.807, 2.05) is 19.1 Å². The molecule has 0 heterocycles. The first-order valence-electron chi connectivity index (χ1n) is 5.61. The Morgan fingerprint density at radius 3 is 2.27 bits per heavy atom. The Morgan fingerprint density at radius 2 is 1.73 bits per heavy atom. The fraction of sp³-hybridized carbons (Fsp3) is 0.538. The highest BCUT2D eigenvalue weighted by atomic mass is 16.3. The molecule has 2 atom stereocenters. The summed E-state index contributed by atoms with van der Waals surface area (Å²) in [4.78, 5) is 0. The van der Waals surface area contributed by atoms with Gasteiger partial charge in [0.05, 0.1) is 0 Å². The van der Waals surface area contributed by atoms with Crippen LogP contribution in [0.2, 0.25) is 0 Å². The van der Waals surface area contributed by atoms with Gasteiger partial charge in [-0.2, -0.15) is 0 Å². The van der Waals surface area contributed by atoms with Crippen molar-refractivity contribution in [2.45, 2.75) is 39.2 Å². The summed E-state index contributed by atoms with van der Waals surface area (Å²) in [5, 5.41) is 9.15. The number of hydrogen-bond acceptors (Lipinski definition) is 2. The Bertz CT molecular complexity index is 279. The first kappa shape index (κ1) is 12.1. The van der Waals surface area contributed by atoms with E-state index in [9.17, 15) is 0 Å². The molecule has 0 radical (unpaired) electrons. The molecule has 0 saturated carbocycles. The average Bonchev–Trinajstić information content (AvgIpc) is 2.19. The Morgan fingerprint density at radius 1 is 1.13 bits per heavy atom. The van der Waals surface area contributed by atoms with Crippen LogP contribution in [0.25, 0.3) is 0 Å². The van der Waals surface area contributed by atoms with Gasteiger partial charge in [-0.15, -0.1) is 0 Å². The highest BCUT2D eigenvalue weighted by Gasteiger charge is 2.05. The van der Waals surface area contributed by atoms with Gasteiger partial charge in [-0.3, -0.25) is 0 Å². The fourth-order valence-electron chi connectivity index (χ4n) is 1.68. The van der Waals surface area contributed by atoms with E-state index in [0.29, 0.717) is 17.7 Å². The molecule has 3 N–H and O–H groups in total. The minimum absolute atomic E-state index is 0.298. The number of phenolic OH excluding ortho intramolecular Hbond substituents is 1. The zero-order valence-corrected chi connectivity index (χ0v) is 9.61. The van der Waals surface area contributed by atoms with Crippen molar-refractivity contribution in [1.29, 1.82) is 0 Å². The fourth-order valence-corrected chi connectivity index (χ4v) is 1.68. The maximum atomic E-state index is 9.15. The zero-order valence-electron chi connectivity index (χ0n) is 9.61. The number of benzene rings is 1. The summed E-state index contributed by atoms with van der Waals surface area (Å²) in [5.74, 6) is 0.988. The lowest BCUT2D eigenvalue weighted by atomic mass is 9.95. The number of nitrogens with two attached hydrogens (primary N) is 1. The van der Waals surface area contributed by atoms with Crippen LogP contribution in [-0.4, -0.2) is 11.1 Å². The van der Waals surface area contributed by atoms with Crippen LogP contribution < -0.4 is 5.73 Å². The minimum Gasteiger partial charge on any atom is -0.508 e. The molecule has 0 spiro atoms. The van der Waals surface area contributed by atoms with Gasteiger partial charge in [0.1, 0.15) is 5.75 Å². The highest BCUT2D eigenvalue weighted by Crippen LogP contribution is 2.16. The van der Waals surface area contributed by atoms with Gasteiger partial charge in [0, 0.05) is 6.04 Å². The SMILES string of the molecule is CC(CC[C@H](C)N)Cc1ccc(O)cc1. The molecule has 84 valence electrons. The van der Waals surface area contributed by atoms with E-state index in [1.54, 1.807) is 12.1 Å². The van der Waals surface area contributed by atoms with Gasteiger partial charge in [0.25, 0.3) is 0 Å². The topological polar surface area (TPSA) is 46.2 Å². The molecular formula is C13H21NO. The molecule has 0 fully saturated rings. The summed E-state index contributed by atoms with van der Waals surface area (Å²) >= 11 is 0. The third kappa shape index (κ3) is 4.84. The predicted molar refractivity (Wildman–Crippen MR) is 63.9 cm³/mol. The Balaban J connectivity index is 2.37. The van der Waals surface area contributed by atoms with E-state index in [0.717, 1.165) is 12.8 Å². The molecule has 0 saturated heterocycles. The van der Waals surface area contributed by atoms with Crippen LogP contribution in [0.1, 0.15) is 32.3 Å². The molecule has 0 aliphatic carbocycles. The molecule has 0 aromatic heterocycles. The third-order valence-electron chi connectivity index (χ3n) is 2.64. The summed E-state index contributed by atoms with van der Waals surface area (Å²) in [7, 11) is 0. The van der Waals surface area contributed by atoms with Crippen LogP contribution in [0.3, 0.4) is 0 Å². The molecule has 1 aromatic carbocycles. The van der Waals surface area contributed by atoms with E-state index in [4.69, 9.17) is 10.8 Å². The van der Waals surface area contributed by atoms with Gasteiger partial charge in [0.15, 0.2) is 0 Å². The van der Waals surface area contributed by atoms with E-state index < -0.39 is 0 Å². The number of hydrogen-bond donors (Lipinski definition) is 2. The van der Waals surface area contributed by atoms with Crippen molar-refractivity contribution in [3.8, 4) is 5.75 Å². The standard InChI is InChI=1S/C13H21NO/c1-10(3-4-11(2)14)9-12-5-7-13(15)8-6-12/h5-8,10-11,15H,3-4,9,14H2,1-2H3/t10?,11-/m0/s1. The maximum Gasteiger partial charge on any atom is 0.115 e.